The highest BCUT2D eigenvalue weighted by molar-refractivity contribution is 9.10. The van der Waals surface area contributed by atoms with Crippen molar-refractivity contribution in [1.29, 1.82) is 0 Å². The fourth-order valence-corrected chi connectivity index (χ4v) is 2.38. The van der Waals surface area contributed by atoms with Crippen molar-refractivity contribution in [2.45, 2.75) is 6.92 Å². The molecule has 0 aliphatic rings. The van der Waals surface area contributed by atoms with Gasteiger partial charge in [-0.2, -0.15) is 0 Å². The van der Waals surface area contributed by atoms with Crippen LogP contribution in [0.5, 0.6) is 0 Å². The number of rotatable bonds is 3. The minimum Gasteiger partial charge on any atom is -0.332 e. The molecule has 118 valence electrons. The second kappa shape index (κ2) is 8.24. The molecule has 23 heavy (non-hydrogen) atoms. The van der Waals surface area contributed by atoms with Crippen molar-refractivity contribution in [2.24, 2.45) is 0 Å². The van der Waals surface area contributed by atoms with E-state index in [1.54, 1.807) is 24.3 Å². The molecule has 2 N–H and O–H groups in total. The summed E-state index contributed by atoms with van der Waals surface area (Å²) < 4.78 is 0.792. The summed E-state index contributed by atoms with van der Waals surface area (Å²) in [5, 5.41) is 6.26. The van der Waals surface area contributed by atoms with E-state index in [4.69, 9.17) is 23.8 Å². The molecule has 1 amide bonds. The molecule has 0 unspecified atom stereocenters. The molecule has 0 aliphatic heterocycles. The topological polar surface area (TPSA) is 41.1 Å². The number of carbonyl (C=O) groups excluding carboxylic acids is 1. The van der Waals surface area contributed by atoms with Crippen molar-refractivity contribution in [3.63, 3.8) is 0 Å². The lowest BCUT2D eigenvalue weighted by Gasteiger charge is -2.09. The lowest BCUT2D eigenvalue weighted by Crippen LogP contribution is -2.32. The molecular formula is C17H14BrClN2OS. The van der Waals surface area contributed by atoms with E-state index < -0.39 is 0 Å². The number of hydrogen-bond acceptors (Lipinski definition) is 2. The summed E-state index contributed by atoms with van der Waals surface area (Å²) in [7, 11) is 0. The van der Waals surface area contributed by atoms with Gasteiger partial charge in [-0.25, -0.2) is 0 Å². The third-order valence-electron chi connectivity index (χ3n) is 2.92. The van der Waals surface area contributed by atoms with Crippen LogP contribution < -0.4 is 10.6 Å². The molecule has 0 saturated heterocycles. The van der Waals surface area contributed by atoms with E-state index in [9.17, 15) is 4.79 Å². The number of amides is 1. The molecule has 0 bridgehead atoms. The quantitative estimate of drug-likeness (QED) is 0.557. The van der Waals surface area contributed by atoms with Crippen LogP contribution >= 0.6 is 39.7 Å². The fourth-order valence-electron chi connectivity index (χ4n) is 1.74. The molecule has 0 atom stereocenters. The summed E-state index contributed by atoms with van der Waals surface area (Å²) in [5.74, 6) is -0.300. The second-order valence-electron chi connectivity index (χ2n) is 4.82. The normalized spacial score (nSPS) is 10.6. The van der Waals surface area contributed by atoms with E-state index >= 15 is 0 Å². The standard InChI is InChI=1S/C17H14BrClN2OS/c1-11-2-4-12(5-3-11)6-9-16(22)21-17(23)20-13-7-8-14(18)15(19)10-13/h2-10H,1H3,(H2,20,21,22,23). The van der Waals surface area contributed by atoms with Gasteiger partial charge in [-0.15, -0.1) is 0 Å². The molecule has 0 saturated carbocycles. The van der Waals surface area contributed by atoms with Gasteiger partial charge in [0.1, 0.15) is 0 Å². The summed E-state index contributed by atoms with van der Waals surface area (Å²) in [6.45, 7) is 2.01. The van der Waals surface area contributed by atoms with Gasteiger partial charge >= 0.3 is 0 Å². The van der Waals surface area contributed by atoms with E-state index in [2.05, 4.69) is 26.6 Å². The lowest BCUT2D eigenvalue weighted by molar-refractivity contribution is -0.115. The molecule has 0 aliphatic carbocycles. The predicted octanol–water partition coefficient (Wildman–Crippen LogP) is 4.94. The monoisotopic (exact) mass is 408 g/mol. The molecule has 0 radical (unpaired) electrons. The Kier molecular flexibility index (Phi) is 6.33. The van der Waals surface area contributed by atoms with Gasteiger partial charge in [-0.3, -0.25) is 10.1 Å². The smallest absolute Gasteiger partial charge is 0.250 e. The summed E-state index contributed by atoms with van der Waals surface area (Å²) in [5.41, 5.74) is 2.82. The van der Waals surface area contributed by atoms with Gasteiger partial charge in [0.15, 0.2) is 5.11 Å². The van der Waals surface area contributed by atoms with E-state index in [-0.39, 0.29) is 11.0 Å². The maximum Gasteiger partial charge on any atom is 0.250 e. The minimum atomic E-state index is -0.300. The zero-order valence-corrected chi connectivity index (χ0v) is 15.4. The van der Waals surface area contributed by atoms with Crippen LogP contribution in [0.15, 0.2) is 53.0 Å². The van der Waals surface area contributed by atoms with Crippen LogP contribution in [0, 0.1) is 6.92 Å². The van der Waals surface area contributed by atoms with Crippen LogP contribution in [-0.2, 0) is 4.79 Å². The van der Waals surface area contributed by atoms with Crippen molar-refractivity contribution in [3.05, 3.63) is 69.2 Å². The molecule has 0 heterocycles. The average molecular weight is 410 g/mol. The third kappa shape index (κ3) is 5.78. The fraction of sp³-hybridized carbons (Fsp3) is 0.0588. The Hall–Kier alpha value is -1.69. The molecule has 3 nitrogen and oxygen atoms in total. The second-order valence-corrected chi connectivity index (χ2v) is 6.49. The Bertz CT molecular complexity index is 760. The maximum absolute atomic E-state index is 11.8. The summed E-state index contributed by atoms with van der Waals surface area (Å²) in [6, 6.07) is 13.2. The Morgan fingerprint density at radius 3 is 2.57 bits per heavy atom. The minimum absolute atomic E-state index is 0.210. The number of thiocarbonyl (C=S) groups is 1. The first kappa shape index (κ1) is 17.7. The van der Waals surface area contributed by atoms with Gasteiger partial charge in [0.25, 0.3) is 0 Å². The SMILES string of the molecule is Cc1ccc(C=CC(=O)NC(=S)Nc2ccc(Br)c(Cl)c2)cc1. The van der Waals surface area contributed by atoms with E-state index in [0.717, 1.165) is 10.0 Å². The van der Waals surface area contributed by atoms with Crippen LogP contribution in [0.2, 0.25) is 5.02 Å². The van der Waals surface area contributed by atoms with Gasteiger partial charge in [0, 0.05) is 16.2 Å². The number of benzene rings is 2. The zero-order valence-electron chi connectivity index (χ0n) is 12.3. The molecular weight excluding hydrogens is 396 g/mol. The number of hydrogen-bond donors (Lipinski definition) is 2. The van der Waals surface area contributed by atoms with E-state index in [1.807, 2.05) is 31.2 Å². The highest BCUT2D eigenvalue weighted by Crippen LogP contribution is 2.25. The van der Waals surface area contributed by atoms with E-state index in [1.165, 1.54) is 11.6 Å². The highest BCUT2D eigenvalue weighted by Gasteiger charge is 2.03. The van der Waals surface area contributed by atoms with Crippen molar-refractivity contribution >= 4 is 62.5 Å². The van der Waals surface area contributed by atoms with Gasteiger partial charge in [-0.1, -0.05) is 41.4 Å². The molecule has 0 spiro atoms. The Balaban J connectivity index is 1.90. The summed E-state index contributed by atoms with van der Waals surface area (Å²) in [4.78, 5) is 11.8. The van der Waals surface area contributed by atoms with Crippen molar-refractivity contribution in [2.75, 3.05) is 5.32 Å². The molecule has 6 heteroatoms. The van der Waals surface area contributed by atoms with Gasteiger partial charge in [0.05, 0.1) is 5.02 Å². The average Bonchev–Trinajstić information content (AvgIpc) is 2.50. The van der Waals surface area contributed by atoms with Gasteiger partial charge < -0.3 is 5.32 Å². The van der Waals surface area contributed by atoms with Crippen LogP contribution in [-0.4, -0.2) is 11.0 Å². The Morgan fingerprint density at radius 1 is 1.22 bits per heavy atom. The molecule has 2 aromatic rings. The maximum atomic E-state index is 11.8. The van der Waals surface area contributed by atoms with Gasteiger partial charge in [0.2, 0.25) is 5.91 Å². The third-order valence-corrected chi connectivity index (χ3v) is 4.36. The van der Waals surface area contributed by atoms with Crippen molar-refractivity contribution < 1.29 is 4.79 Å². The van der Waals surface area contributed by atoms with Gasteiger partial charge in [-0.05, 0) is 64.9 Å². The molecule has 2 aromatic carbocycles. The van der Waals surface area contributed by atoms with E-state index in [0.29, 0.717) is 10.7 Å². The van der Waals surface area contributed by atoms with Crippen LogP contribution in [0.3, 0.4) is 0 Å². The molecule has 0 fully saturated rings. The number of anilines is 1. The first-order valence-corrected chi connectivity index (χ1v) is 8.34. The number of carbonyl (C=O) groups is 1. The predicted molar refractivity (Wildman–Crippen MR) is 104 cm³/mol. The number of nitrogens with one attached hydrogen (secondary N) is 2. The Morgan fingerprint density at radius 2 is 1.91 bits per heavy atom. The first-order chi connectivity index (χ1) is 10.9. The van der Waals surface area contributed by atoms with Crippen LogP contribution in [0.1, 0.15) is 11.1 Å². The number of aryl methyl sites for hydroxylation is 1. The highest BCUT2D eigenvalue weighted by atomic mass is 79.9. The van der Waals surface area contributed by atoms with Crippen LogP contribution in [0.4, 0.5) is 5.69 Å². The van der Waals surface area contributed by atoms with Crippen LogP contribution in [0.25, 0.3) is 6.08 Å². The number of halogens is 2. The summed E-state index contributed by atoms with van der Waals surface area (Å²) in [6.07, 6.45) is 3.17. The Labute approximate surface area is 153 Å². The lowest BCUT2D eigenvalue weighted by atomic mass is 10.1. The zero-order chi connectivity index (χ0) is 16.8. The van der Waals surface area contributed by atoms with Crippen molar-refractivity contribution in [1.82, 2.24) is 5.32 Å². The molecule has 0 aromatic heterocycles. The first-order valence-electron chi connectivity index (χ1n) is 6.76. The largest absolute Gasteiger partial charge is 0.332 e. The summed E-state index contributed by atoms with van der Waals surface area (Å²) >= 11 is 14.4. The molecule has 2 rings (SSSR count). The van der Waals surface area contributed by atoms with Crippen molar-refractivity contribution in [3.8, 4) is 0 Å².